The summed E-state index contributed by atoms with van der Waals surface area (Å²) in [5.41, 5.74) is 6.62. The molecular formula is C19H24N2O. The van der Waals surface area contributed by atoms with E-state index in [0.29, 0.717) is 12.6 Å². The van der Waals surface area contributed by atoms with Gasteiger partial charge in [-0.15, -0.1) is 0 Å². The molecule has 22 heavy (non-hydrogen) atoms. The zero-order valence-corrected chi connectivity index (χ0v) is 13.9. The maximum atomic E-state index is 12.6. The van der Waals surface area contributed by atoms with Crippen molar-refractivity contribution >= 4 is 11.5 Å². The van der Waals surface area contributed by atoms with Crippen molar-refractivity contribution in [1.82, 2.24) is 4.57 Å². The summed E-state index contributed by atoms with van der Waals surface area (Å²) in [6, 6.07) is 8.84. The molecule has 1 aromatic heterocycles. The first-order valence-corrected chi connectivity index (χ1v) is 8.00. The molecule has 1 aliphatic carbocycles. The van der Waals surface area contributed by atoms with Crippen molar-refractivity contribution in [2.24, 2.45) is 0 Å². The van der Waals surface area contributed by atoms with Crippen molar-refractivity contribution in [3.63, 3.8) is 0 Å². The molecule has 1 aromatic carbocycles. The Labute approximate surface area is 132 Å². The third-order valence-corrected chi connectivity index (χ3v) is 4.60. The second-order valence-electron chi connectivity index (χ2n) is 6.43. The van der Waals surface area contributed by atoms with E-state index in [2.05, 4.69) is 49.7 Å². The molecular weight excluding hydrogens is 272 g/mol. The zero-order chi connectivity index (χ0) is 15.9. The first-order valence-electron chi connectivity index (χ1n) is 8.00. The minimum absolute atomic E-state index is 0.169. The van der Waals surface area contributed by atoms with Crippen molar-refractivity contribution in [2.45, 2.75) is 46.6 Å². The molecule has 1 N–H and O–H groups in total. The van der Waals surface area contributed by atoms with Crippen LogP contribution in [0.5, 0.6) is 0 Å². The van der Waals surface area contributed by atoms with Crippen molar-refractivity contribution in [1.29, 1.82) is 0 Å². The normalized spacial score (nSPS) is 14.2. The van der Waals surface area contributed by atoms with E-state index < -0.39 is 0 Å². The van der Waals surface area contributed by atoms with Crippen molar-refractivity contribution in [3.05, 3.63) is 52.3 Å². The Morgan fingerprint density at radius 1 is 1.18 bits per heavy atom. The van der Waals surface area contributed by atoms with Crippen molar-refractivity contribution in [2.75, 3.05) is 11.9 Å². The fourth-order valence-electron chi connectivity index (χ4n) is 3.31. The molecule has 3 heteroatoms. The van der Waals surface area contributed by atoms with E-state index in [1.807, 2.05) is 12.1 Å². The summed E-state index contributed by atoms with van der Waals surface area (Å²) >= 11 is 0. The van der Waals surface area contributed by atoms with Gasteiger partial charge in [-0.3, -0.25) is 4.79 Å². The van der Waals surface area contributed by atoms with Gasteiger partial charge in [0.1, 0.15) is 0 Å². The summed E-state index contributed by atoms with van der Waals surface area (Å²) in [7, 11) is 0. The predicted molar refractivity (Wildman–Crippen MR) is 90.9 cm³/mol. The fourth-order valence-corrected chi connectivity index (χ4v) is 3.31. The molecule has 0 bridgehead atoms. The highest BCUT2D eigenvalue weighted by Gasteiger charge is 2.28. The van der Waals surface area contributed by atoms with Crippen LogP contribution in [0, 0.1) is 27.7 Å². The number of aryl methyl sites for hydroxylation is 3. The number of carbonyl (C=O) groups is 1. The van der Waals surface area contributed by atoms with E-state index in [-0.39, 0.29) is 5.78 Å². The maximum absolute atomic E-state index is 12.6. The van der Waals surface area contributed by atoms with Crippen LogP contribution >= 0.6 is 0 Å². The number of hydrogen-bond donors (Lipinski definition) is 1. The Bertz CT molecular complexity index is 703. The zero-order valence-electron chi connectivity index (χ0n) is 13.9. The van der Waals surface area contributed by atoms with Crippen LogP contribution in [0.3, 0.4) is 0 Å². The number of carbonyl (C=O) groups excluding carboxylic acids is 1. The van der Waals surface area contributed by atoms with E-state index in [1.54, 1.807) is 0 Å². The highest BCUT2D eigenvalue weighted by atomic mass is 16.1. The molecule has 0 aliphatic heterocycles. The van der Waals surface area contributed by atoms with E-state index in [9.17, 15) is 4.79 Å². The molecule has 0 unspecified atom stereocenters. The van der Waals surface area contributed by atoms with Gasteiger partial charge in [-0.05, 0) is 57.7 Å². The topological polar surface area (TPSA) is 34.0 Å². The molecule has 1 saturated carbocycles. The SMILES string of the molecule is Cc1cccc(C)c1NCC(=O)c1cc(C)n(C2CC2)c1C. The monoisotopic (exact) mass is 296 g/mol. The average molecular weight is 296 g/mol. The van der Waals surface area contributed by atoms with Gasteiger partial charge in [0.25, 0.3) is 0 Å². The number of benzene rings is 1. The lowest BCUT2D eigenvalue weighted by molar-refractivity contribution is 0.101. The lowest BCUT2D eigenvalue weighted by Gasteiger charge is -2.12. The number of para-hydroxylation sites is 1. The van der Waals surface area contributed by atoms with Crippen LogP contribution in [0.2, 0.25) is 0 Å². The summed E-state index contributed by atoms with van der Waals surface area (Å²) in [5.74, 6) is 0.169. The lowest BCUT2D eigenvalue weighted by atomic mass is 10.1. The third kappa shape index (κ3) is 2.68. The standard InChI is InChI=1S/C19H24N2O/c1-12-6-5-7-13(2)19(12)20-11-18(22)17-10-14(3)21(15(17)4)16-8-9-16/h5-7,10,16,20H,8-9,11H2,1-4H3. The number of nitrogens with zero attached hydrogens (tertiary/aromatic N) is 1. The molecule has 2 aromatic rings. The fraction of sp³-hybridized carbons (Fsp3) is 0.421. The van der Waals surface area contributed by atoms with E-state index in [1.165, 1.54) is 29.7 Å². The minimum atomic E-state index is 0.169. The highest BCUT2D eigenvalue weighted by molar-refractivity contribution is 6.00. The summed E-state index contributed by atoms with van der Waals surface area (Å²) in [6.45, 7) is 8.65. The Balaban J connectivity index is 1.77. The average Bonchev–Trinajstić information content (AvgIpc) is 3.24. The van der Waals surface area contributed by atoms with Crippen LogP contribution in [0.15, 0.2) is 24.3 Å². The predicted octanol–water partition coefficient (Wildman–Crippen LogP) is 4.35. The van der Waals surface area contributed by atoms with Gasteiger partial charge in [-0.25, -0.2) is 0 Å². The summed E-state index contributed by atoms with van der Waals surface area (Å²) < 4.78 is 2.33. The van der Waals surface area contributed by atoms with Crippen LogP contribution in [0.4, 0.5) is 5.69 Å². The molecule has 3 nitrogen and oxygen atoms in total. The van der Waals surface area contributed by atoms with Gasteiger partial charge in [0, 0.05) is 28.7 Å². The Morgan fingerprint density at radius 2 is 1.82 bits per heavy atom. The largest absolute Gasteiger partial charge is 0.377 e. The van der Waals surface area contributed by atoms with Crippen LogP contribution in [-0.2, 0) is 0 Å². The third-order valence-electron chi connectivity index (χ3n) is 4.60. The van der Waals surface area contributed by atoms with E-state index in [0.717, 1.165) is 16.9 Å². The summed E-state index contributed by atoms with van der Waals surface area (Å²) in [6.07, 6.45) is 2.48. The molecule has 1 aliphatic rings. The van der Waals surface area contributed by atoms with Gasteiger partial charge < -0.3 is 9.88 Å². The van der Waals surface area contributed by atoms with Crippen molar-refractivity contribution < 1.29 is 4.79 Å². The molecule has 1 heterocycles. The quantitative estimate of drug-likeness (QED) is 0.832. The second-order valence-corrected chi connectivity index (χ2v) is 6.43. The number of aromatic nitrogens is 1. The molecule has 116 valence electrons. The molecule has 3 rings (SSSR count). The summed E-state index contributed by atoms with van der Waals surface area (Å²) in [4.78, 5) is 12.6. The van der Waals surface area contributed by atoms with Gasteiger partial charge in [0.15, 0.2) is 5.78 Å². The Morgan fingerprint density at radius 3 is 2.41 bits per heavy atom. The van der Waals surface area contributed by atoms with Crippen LogP contribution in [-0.4, -0.2) is 16.9 Å². The number of hydrogen-bond acceptors (Lipinski definition) is 2. The first-order chi connectivity index (χ1) is 10.5. The highest BCUT2D eigenvalue weighted by Crippen LogP contribution is 2.38. The molecule has 0 saturated heterocycles. The molecule has 0 atom stereocenters. The summed E-state index contributed by atoms with van der Waals surface area (Å²) in [5, 5.41) is 3.32. The van der Waals surface area contributed by atoms with Gasteiger partial charge >= 0.3 is 0 Å². The number of Topliss-reactive ketones (excluding diaryl/α,β-unsaturated/α-hetero) is 1. The number of rotatable bonds is 5. The van der Waals surface area contributed by atoms with Gasteiger partial charge in [-0.2, -0.15) is 0 Å². The molecule has 0 amide bonds. The first kappa shape index (κ1) is 14.9. The van der Waals surface area contributed by atoms with E-state index in [4.69, 9.17) is 0 Å². The van der Waals surface area contributed by atoms with Crippen LogP contribution < -0.4 is 5.32 Å². The van der Waals surface area contributed by atoms with Crippen molar-refractivity contribution in [3.8, 4) is 0 Å². The Hall–Kier alpha value is -2.03. The molecule has 0 radical (unpaired) electrons. The van der Waals surface area contributed by atoms with Gasteiger partial charge in [0.05, 0.1) is 6.54 Å². The number of nitrogens with one attached hydrogen (secondary N) is 1. The van der Waals surface area contributed by atoms with Crippen LogP contribution in [0.25, 0.3) is 0 Å². The van der Waals surface area contributed by atoms with Gasteiger partial charge in [-0.1, -0.05) is 18.2 Å². The van der Waals surface area contributed by atoms with Crippen LogP contribution in [0.1, 0.15) is 51.8 Å². The Kier molecular flexibility index (Phi) is 3.81. The smallest absolute Gasteiger partial charge is 0.183 e. The number of anilines is 1. The number of ketones is 1. The molecule has 1 fully saturated rings. The van der Waals surface area contributed by atoms with Gasteiger partial charge in [0.2, 0.25) is 0 Å². The van der Waals surface area contributed by atoms with E-state index >= 15 is 0 Å². The lowest BCUT2D eigenvalue weighted by Crippen LogP contribution is -2.16. The minimum Gasteiger partial charge on any atom is -0.377 e. The molecule has 0 spiro atoms. The maximum Gasteiger partial charge on any atom is 0.183 e. The second kappa shape index (κ2) is 5.64.